The van der Waals surface area contributed by atoms with E-state index < -0.39 is 17.2 Å². The lowest BCUT2D eigenvalue weighted by atomic mass is 9.94. The van der Waals surface area contributed by atoms with Crippen molar-refractivity contribution in [2.75, 3.05) is 5.32 Å². The van der Waals surface area contributed by atoms with Crippen LogP contribution in [0.4, 0.5) is 14.5 Å². The molecule has 1 aromatic rings. The van der Waals surface area contributed by atoms with E-state index >= 15 is 0 Å². The largest absolute Gasteiger partial charge is 0.326 e. The van der Waals surface area contributed by atoms with Crippen LogP contribution in [0.3, 0.4) is 0 Å². The summed E-state index contributed by atoms with van der Waals surface area (Å²) in [7, 11) is 0. The lowest BCUT2D eigenvalue weighted by molar-refractivity contribution is -0.117. The van der Waals surface area contributed by atoms with Crippen molar-refractivity contribution in [1.82, 2.24) is 0 Å². The first-order valence-electron chi connectivity index (χ1n) is 6.02. The van der Waals surface area contributed by atoms with Crippen LogP contribution in [0.1, 0.15) is 32.1 Å². The summed E-state index contributed by atoms with van der Waals surface area (Å²) in [5.74, 6) is -2.17. The predicted octanol–water partition coefficient (Wildman–Crippen LogP) is 2.56. The SMILES string of the molecule is NC1(CC(=O)Nc2ccc(F)c(F)c2)CCCC1. The average Bonchev–Trinajstić information content (AvgIpc) is 2.70. The third kappa shape index (κ3) is 3.04. The minimum Gasteiger partial charge on any atom is -0.326 e. The molecule has 3 nitrogen and oxygen atoms in total. The van der Waals surface area contributed by atoms with Gasteiger partial charge in [-0.1, -0.05) is 12.8 Å². The van der Waals surface area contributed by atoms with Gasteiger partial charge in [-0.25, -0.2) is 8.78 Å². The second-order valence-electron chi connectivity index (χ2n) is 4.92. The lowest BCUT2D eigenvalue weighted by Gasteiger charge is -2.22. The first-order valence-corrected chi connectivity index (χ1v) is 6.02. The number of benzene rings is 1. The molecule has 1 aromatic carbocycles. The van der Waals surface area contributed by atoms with Gasteiger partial charge in [-0.2, -0.15) is 0 Å². The van der Waals surface area contributed by atoms with Crippen LogP contribution >= 0.6 is 0 Å². The summed E-state index contributed by atoms with van der Waals surface area (Å²) in [6.45, 7) is 0. The summed E-state index contributed by atoms with van der Waals surface area (Å²) >= 11 is 0. The number of rotatable bonds is 3. The summed E-state index contributed by atoms with van der Waals surface area (Å²) in [6, 6.07) is 3.28. The van der Waals surface area contributed by atoms with Crippen molar-refractivity contribution < 1.29 is 13.6 Å². The maximum Gasteiger partial charge on any atom is 0.226 e. The number of hydrogen-bond acceptors (Lipinski definition) is 2. The van der Waals surface area contributed by atoms with E-state index in [9.17, 15) is 13.6 Å². The summed E-state index contributed by atoms with van der Waals surface area (Å²) in [5, 5.41) is 2.54. The molecule has 2 rings (SSSR count). The number of anilines is 1. The van der Waals surface area contributed by atoms with Gasteiger partial charge >= 0.3 is 0 Å². The van der Waals surface area contributed by atoms with Crippen LogP contribution in [0.5, 0.6) is 0 Å². The van der Waals surface area contributed by atoms with Crippen LogP contribution in [0.2, 0.25) is 0 Å². The highest BCUT2D eigenvalue weighted by Gasteiger charge is 2.31. The van der Waals surface area contributed by atoms with Crippen LogP contribution < -0.4 is 11.1 Å². The van der Waals surface area contributed by atoms with Crippen LogP contribution in [0, 0.1) is 11.6 Å². The quantitative estimate of drug-likeness (QED) is 0.871. The van der Waals surface area contributed by atoms with Crippen molar-refractivity contribution in [2.45, 2.75) is 37.6 Å². The zero-order valence-electron chi connectivity index (χ0n) is 10.0. The summed E-state index contributed by atoms with van der Waals surface area (Å²) < 4.78 is 25.7. The minimum absolute atomic E-state index is 0.214. The molecule has 0 spiro atoms. The molecule has 0 unspecified atom stereocenters. The smallest absolute Gasteiger partial charge is 0.226 e. The van der Waals surface area contributed by atoms with Gasteiger partial charge in [0.15, 0.2) is 11.6 Å². The molecule has 1 fully saturated rings. The van der Waals surface area contributed by atoms with Gasteiger partial charge in [-0.3, -0.25) is 4.79 Å². The molecule has 0 aliphatic heterocycles. The molecule has 1 aliphatic rings. The number of amides is 1. The zero-order chi connectivity index (χ0) is 13.2. The minimum atomic E-state index is -0.976. The van der Waals surface area contributed by atoms with Crippen molar-refractivity contribution in [3.63, 3.8) is 0 Å². The number of nitrogens with two attached hydrogens (primary N) is 1. The maximum absolute atomic E-state index is 13.0. The van der Waals surface area contributed by atoms with E-state index in [2.05, 4.69) is 5.32 Å². The van der Waals surface area contributed by atoms with Crippen molar-refractivity contribution in [1.29, 1.82) is 0 Å². The van der Waals surface area contributed by atoms with Gasteiger partial charge in [-0.15, -0.1) is 0 Å². The van der Waals surface area contributed by atoms with E-state index in [1.54, 1.807) is 0 Å². The van der Waals surface area contributed by atoms with Gasteiger partial charge in [0.05, 0.1) is 0 Å². The van der Waals surface area contributed by atoms with Crippen molar-refractivity contribution >= 4 is 11.6 Å². The molecule has 3 N–H and O–H groups in total. The Balaban J connectivity index is 1.96. The Morgan fingerprint density at radius 2 is 1.94 bits per heavy atom. The standard InChI is InChI=1S/C13H16F2N2O/c14-10-4-3-9(7-11(10)15)17-12(18)8-13(16)5-1-2-6-13/h3-4,7H,1-2,5-6,8,16H2,(H,17,18). The Hall–Kier alpha value is -1.49. The van der Waals surface area contributed by atoms with Crippen LogP contribution in [-0.2, 0) is 4.79 Å². The molecule has 0 aromatic heterocycles. The fourth-order valence-electron chi connectivity index (χ4n) is 2.35. The molecule has 5 heteroatoms. The molecule has 0 atom stereocenters. The van der Waals surface area contributed by atoms with Gasteiger partial charge in [-0.05, 0) is 25.0 Å². The highest BCUT2D eigenvalue weighted by molar-refractivity contribution is 5.91. The van der Waals surface area contributed by atoms with E-state index in [0.29, 0.717) is 0 Å². The van der Waals surface area contributed by atoms with E-state index in [-0.39, 0.29) is 18.0 Å². The topological polar surface area (TPSA) is 55.1 Å². The average molecular weight is 254 g/mol. The molecule has 0 heterocycles. The highest BCUT2D eigenvalue weighted by atomic mass is 19.2. The van der Waals surface area contributed by atoms with Crippen molar-refractivity contribution in [3.8, 4) is 0 Å². The Morgan fingerprint density at radius 1 is 1.28 bits per heavy atom. The molecule has 1 saturated carbocycles. The summed E-state index contributed by atoms with van der Waals surface area (Å²) in [5.41, 5.74) is 5.88. The molecule has 1 aliphatic carbocycles. The molecule has 0 saturated heterocycles. The first-order chi connectivity index (χ1) is 8.48. The molecular formula is C13H16F2N2O. The van der Waals surface area contributed by atoms with Gasteiger partial charge in [0.25, 0.3) is 0 Å². The normalized spacial score (nSPS) is 17.7. The number of carbonyl (C=O) groups excluding carboxylic acids is 1. The number of carbonyl (C=O) groups is 1. The highest BCUT2D eigenvalue weighted by Crippen LogP contribution is 2.30. The van der Waals surface area contributed by atoms with Crippen LogP contribution in [0.15, 0.2) is 18.2 Å². The summed E-state index contributed by atoms with van der Waals surface area (Å²) in [6.07, 6.45) is 3.95. The van der Waals surface area contributed by atoms with Gasteiger partial charge in [0.2, 0.25) is 5.91 Å². The number of hydrogen-bond donors (Lipinski definition) is 2. The van der Waals surface area contributed by atoms with Gasteiger partial charge in [0, 0.05) is 23.7 Å². The van der Waals surface area contributed by atoms with Gasteiger partial charge < -0.3 is 11.1 Å². The Bertz CT molecular complexity index is 456. The van der Waals surface area contributed by atoms with Crippen LogP contribution in [0.25, 0.3) is 0 Å². The summed E-state index contributed by atoms with van der Waals surface area (Å²) in [4.78, 5) is 11.8. The maximum atomic E-state index is 13.0. The third-order valence-electron chi connectivity index (χ3n) is 3.32. The van der Waals surface area contributed by atoms with E-state index in [4.69, 9.17) is 5.73 Å². The second kappa shape index (κ2) is 5.02. The van der Waals surface area contributed by atoms with E-state index in [1.165, 1.54) is 6.07 Å². The van der Waals surface area contributed by atoms with Gasteiger partial charge in [0.1, 0.15) is 0 Å². The molecule has 98 valence electrons. The van der Waals surface area contributed by atoms with Crippen molar-refractivity contribution in [3.05, 3.63) is 29.8 Å². The number of nitrogens with one attached hydrogen (secondary N) is 1. The first kappa shape index (κ1) is 13.0. The molecule has 18 heavy (non-hydrogen) atoms. The zero-order valence-corrected chi connectivity index (χ0v) is 10.0. The second-order valence-corrected chi connectivity index (χ2v) is 4.92. The Morgan fingerprint density at radius 3 is 2.56 bits per heavy atom. The van der Waals surface area contributed by atoms with Crippen LogP contribution in [-0.4, -0.2) is 11.4 Å². The molecule has 1 amide bonds. The number of halogens is 2. The Labute approximate surface area is 104 Å². The lowest BCUT2D eigenvalue weighted by Crippen LogP contribution is -2.40. The molecule has 0 radical (unpaired) electrons. The fourth-order valence-corrected chi connectivity index (χ4v) is 2.35. The third-order valence-corrected chi connectivity index (χ3v) is 3.32. The Kier molecular flexibility index (Phi) is 3.61. The monoisotopic (exact) mass is 254 g/mol. The fraction of sp³-hybridized carbons (Fsp3) is 0.462. The van der Waals surface area contributed by atoms with E-state index in [0.717, 1.165) is 37.8 Å². The van der Waals surface area contributed by atoms with E-state index in [1.807, 2.05) is 0 Å². The predicted molar refractivity (Wildman–Crippen MR) is 65.0 cm³/mol. The molecule has 0 bridgehead atoms. The van der Waals surface area contributed by atoms with Crippen molar-refractivity contribution in [2.24, 2.45) is 5.73 Å². The molecular weight excluding hydrogens is 238 g/mol.